The van der Waals surface area contributed by atoms with Gasteiger partial charge in [0.1, 0.15) is 12.8 Å². The summed E-state index contributed by atoms with van der Waals surface area (Å²) < 4.78 is 6.29. The van der Waals surface area contributed by atoms with Gasteiger partial charge in [-0.3, -0.25) is 0 Å². The van der Waals surface area contributed by atoms with Gasteiger partial charge in [-0.15, -0.1) is 4.24 Å². The fourth-order valence-electron chi connectivity index (χ4n) is 1.35. The number of hydrogen-bond donors (Lipinski definition) is 0. The van der Waals surface area contributed by atoms with E-state index in [0.29, 0.717) is 0 Å². The van der Waals surface area contributed by atoms with E-state index in [1.165, 1.54) is 0 Å². The molecule has 0 heterocycles. The van der Waals surface area contributed by atoms with Gasteiger partial charge in [-0.2, -0.15) is 11.2 Å². The van der Waals surface area contributed by atoms with Crippen molar-refractivity contribution in [3.8, 4) is 0 Å². The maximum atomic E-state index is 12.4. The van der Waals surface area contributed by atoms with Crippen molar-refractivity contribution in [1.29, 1.82) is 0 Å². The van der Waals surface area contributed by atoms with Crippen molar-refractivity contribution in [1.82, 2.24) is 0 Å². The molecule has 0 N–H and O–H groups in total. The third kappa shape index (κ3) is 8.17. The van der Waals surface area contributed by atoms with Gasteiger partial charge in [0.2, 0.25) is 0 Å². The van der Waals surface area contributed by atoms with E-state index in [-0.39, 0.29) is 5.97 Å². The van der Waals surface area contributed by atoms with Crippen LogP contribution in [-0.2, 0) is 22.2 Å². The molecule has 0 bridgehead atoms. The fourth-order valence-corrected chi connectivity index (χ4v) is 9.98. The summed E-state index contributed by atoms with van der Waals surface area (Å²) in [6, 6.07) is 0. The topological polar surface area (TPSA) is 26.3 Å². The Labute approximate surface area is 129 Å². The SMILES string of the molecule is CC(C)(C)OC(=O)/C(=C(/[S-])S[Si](C)(C)C)[Si](C)(C)C. The van der Waals surface area contributed by atoms with Crippen LogP contribution < -0.4 is 0 Å². The molecule has 0 radical (unpaired) electrons. The minimum atomic E-state index is -1.81. The van der Waals surface area contributed by atoms with Gasteiger partial charge in [0.15, 0.2) is 0 Å². The lowest BCUT2D eigenvalue weighted by atomic mass is 10.2. The van der Waals surface area contributed by atoms with Crippen molar-refractivity contribution in [2.45, 2.75) is 65.7 Å². The molecule has 0 atom stereocenters. The lowest BCUT2D eigenvalue weighted by molar-refractivity contribution is -0.149. The van der Waals surface area contributed by atoms with Crippen LogP contribution in [0.2, 0.25) is 39.3 Å². The first kappa shape index (κ1) is 19.2. The van der Waals surface area contributed by atoms with Crippen LogP contribution in [0.25, 0.3) is 0 Å². The van der Waals surface area contributed by atoms with E-state index < -0.39 is 20.9 Å². The molecule has 112 valence electrons. The summed E-state index contributed by atoms with van der Waals surface area (Å²) in [5.74, 6) is -0.220. The molecule has 0 aliphatic carbocycles. The van der Waals surface area contributed by atoms with Crippen molar-refractivity contribution in [2.24, 2.45) is 0 Å². The van der Waals surface area contributed by atoms with Crippen LogP contribution in [0.1, 0.15) is 20.8 Å². The van der Waals surface area contributed by atoms with Crippen molar-refractivity contribution in [3.05, 3.63) is 9.43 Å². The second-order valence-corrected chi connectivity index (χ2v) is 22.4. The zero-order chi connectivity index (χ0) is 15.6. The average molecular weight is 336 g/mol. The molecule has 0 amide bonds. The monoisotopic (exact) mass is 335 g/mol. The normalized spacial score (nSPS) is 15.0. The molecule has 0 saturated heterocycles. The van der Waals surface area contributed by atoms with Gasteiger partial charge in [0, 0.05) is 5.20 Å². The molecular weight excluding hydrogens is 308 g/mol. The van der Waals surface area contributed by atoms with Crippen molar-refractivity contribution < 1.29 is 9.53 Å². The standard InChI is InChI=1S/C13H28O2S2Si2/c1-13(2,3)15-11(14)10(18(4,5)6)12(16)17-19(7,8)9/h16H,1-9H3/p-1/b12-10+. The summed E-state index contributed by atoms with van der Waals surface area (Å²) in [6.45, 7) is 18.8. The van der Waals surface area contributed by atoms with Gasteiger partial charge in [-0.25, -0.2) is 4.79 Å². The van der Waals surface area contributed by atoms with Crippen LogP contribution in [0.4, 0.5) is 0 Å². The van der Waals surface area contributed by atoms with E-state index in [1.54, 1.807) is 11.2 Å². The largest absolute Gasteiger partial charge is 0.773 e. The number of ether oxygens (including phenoxy) is 1. The van der Waals surface area contributed by atoms with Gasteiger partial charge < -0.3 is 17.4 Å². The third-order valence-corrected chi connectivity index (χ3v) is 8.62. The van der Waals surface area contributed by atoms with Crippen LogP contribution in [0.3, 0.4) is 0 Å². The minimum Gasteiger partial charge on any atom is -0.773 e. The highest BCUT2D eigenvalue weighted by Gasteiger charge is 2.31. The molecule has 2 nitrogen and oxygen atoms in total. The van der Waals surface area contributed by atoms with Crippen molar-refractivity contribution in [3.63, 3.8) is 0 Å². The molecule has 0 unspecified atom stereocenters. The molecule has 0 aliphatic heterocycles. The maximum Gasteiger partial charge on any atom is 0.329 e. The Morgan fingerprint density at radius 2 is 1.47 bits per heavy atom. The van der Waals surface area contributed by atoms with E-state index in [0.717, 1.165) is 9.43 Å². The molecule has 19 heavy (non-hydrogen) atoms. The molecule has 0 saturated carbocycles. The lowest BCUT2D eigenvalue weighted by Crippen LogP contribution is -2.36. The number of carbonyl (C=O) groups excluding carboxylic acids is 1. The zero-order valence-electron chi connectivity index (χ0n) is 13.6. The first-order valence-corrected chi connectivity index (χ1v) is 15.4. The Kier molecular flexibility index (Phi) is 6.39. The average Bonchev–Trinajstić information content (AvgIpc) is 1.90. The van der Waals surface area contributed by atoms with Crippen LogP contribution in [0, 0.1) is 0 Å². The Morgan fingerprint density at radius 1 is 1.05 bits per heavy atom. The second kappa shape index (κ2) is 6.32. The Morgan fingerprint density at radius 3 is 1.74 bits per heavy atom. The predicted molar refractivity (Wildman–Crippen MR) is 94.5 cm³/mol. The van der Waals surface area contributed by atoms with Gasteiger partial charge in [-0.05, 0) is 20.8 Å². The zero-order valence-corrected chi connectivity index (χ0v) is 17.3. The maximum absolute atomic E-state index is 12.4. The van der Waals surface area contributed by atoms with Gasteiger partial charge >= 0.3 is 5.97 Å². The van der Waals surface area contributed by atoms with Gasteiger partial charge in [0.25, 0.3) is 0 Å². The predicted octanol–water partition coefficient (Wildman–Crippen LogP) is 4.53. The second-order valence-electron chi connectivity index (χ2n) is 7.63. The molecule has 0 fully saturated rings. The number of carbonyl (C=O) groups is 1. The lowest BCUT2D eigenvalue weighted by Gasteiger charge is -2.32. The molecular formula is C13H27O2S2Si2-. The summed E-state index contributed by atoms with van der Waals surface area (Å²) >= 11 is 7.24. The highest BCUT2D eigenvalue weighted by atomic mass is 32.4. The van der Waals surface area contributed by atoms with Gasteiger partial charge in [0.05, 0.1) is 8.07 Å². The van der Waals surface area contributed by atoms with Gasteiger partial charge in [-0.1, -0.05) is 39.3 Å². The molecule has 0 aliphatic rings. The van der Waals surface area contributed by atoms with Crippen LogP contribution in [0.15, 0.2) is 9.43 Å². The summed E-state index contributed by atoms with van der Waals surface area (Å²) in [5, 5.41) is 0.768. The van der Waals surface area contributed by atoms with E-state index in [2.05, 4.69) is 39.3 Å². The first-order chi connectivity index (χ1) is 8.13. The Bertz CT molecular complexity index is 372. The van der Waals surface area contributed by atoms with Crippen LogP contribution in [0.5, 0.6) is 0 Å². The first-order valence-electron chi connectivity index (χ1n) is 6.47. The molecule has 6 heteroatoms. The van der Waals surface area contributed by atoms with E-state index in [9.17, 15) is 4.79 Å². The summed E-state index contributed by atoms with van der Waals surface area (Å²) in [6.07, 6.45) is 0. The molecule has 0 rings (SSSR count). The molecule has 0 aromatic heterocycles. The molecule has 0 aromatic rings. The van der Waals surface area contributed by atoms with Crippen molar-refractivity contribution in [2.75, 3.05) is 0 Å². The molecule has 0 aromatic carbocycles. The Hall–Kier alpha value is 0.214. The quantitative estimate of drug-likeness (QED) is 0.326. The highest BCUT2D eigenvalue weighted by Crippen LogP contribution is 2.33. The fraction of sp³-hybridized carbons (Fsp3) is 0.769. The van der Waals surface area contributed by atoms with E-state index in [1.807, 2.05) is 20.8 Å². The minimum absolute atomic E-state index is 0.220. The highest BCUT2D eigenvalue weighted by molar-refractivity contribution is 8.35. The summed E-state index contributed by atoms with van der Waals surface area (Å²) in [4.78, 5) is 12.4. The number of rotatable bonds is 4. The van der Waals surface area contributed by atoms with Crippen LogP contribution >= 0.6 is 11.2 Å². The smallest absolute Gasteiger partial charge is 0.329 e. The number of esters is 1. The summed E-state index contributed by atoms with van der Waals surface area (Å²) in [7, 11) is -3.21. The third-order valence-electron chi connectivity index (χ3n) is 1.96. The van der Waals surface area contributed by atoms with E-state index >= 15 is 0 Å². The van der Waals surface area contributed by atoms with E-state index in [4.69, 9.17) is 17.4 Å². The van der Waals surface area contributed by atoms with Crippen molar-refractivity contribution >= 4 is 45.1 Å². The number of hydrogen-bond acceptors (Lipinski definition) is 4. The van der Waals surface area contributed by atoms with Crippen LogP contribution in [-0.4, -0.2) is 26.9 Å². The Balaban J connectivity index is 5.47. The molecule has 0 spiro atoms. The summed E-state index contributed by atoms with van der Waals surface area (Å²) in [5.41, 5.74) is -0.471.